The van der Waals surface area contributed by atoms with Crippen LogP contribution in [0.1, 0.15) is 26.7 Å². The van der Waals surface area contributed by atoms with Crippen molar-refractivity contribution in [1.82, 2.24) is 5.32 Å². The summed E-state index contributed by atoms with van der Waals surface area (Å²) in [4.78, 5) is 22.0. The molecule has 0 saturated heterocycles. The van der Waals surface area contributed by atoms with Crippen molar-refractivity contribution in [3.05, 3.63) is 0 Å². The average Bonchev–Trinajstić information content (AvgIpc) is 2.24. The molecule has 0 unspecified atom stereocenters. The number of hydrogen-bond acceptors (Lipinski definition) is 4. The summed E-state index contributed by atoms with van der Waals surface area (Å²) >= 11 is 1.46. The number of carbonyl (C=O) groups is 2. The van der Waals surface area contributed by atoms with Gasteiger partial charge in [0.05, 0.1) is 6.61 Å². The Bertz CT molecular complexity index is 223. The van der Waals surface area contributed by atoms with Crippen molar-refractivity contribution < 1.29 is 19.4 Å². The minimum Gasteiger partial charge on any atom is -0.480 e. The van der Waals surface area contributed by atoms with Gasteiger partial charge in [0.15, 0.2) is 0 Å². The van der Waals surface area contributed by atoms with E-state index in [1.807, 2.05) is 13.8 Å². The SMILES string of the molecule is CCCCOC(=O)N[C@@H](CSCC)C(=O)O. The fourth-order valence-electron chi connectivity index (χ4n) is 0.904. The zero-order chi connectivity index (χ0) is 12.4. The molecule has 94 valence electrons. The van der Waals surface area contributed by atoms with Crippen LogP contribution in [0.25, 0.3) is 0 Å². The summed E-state index contributed by atoms with van der Waals surface area (Å²) in [5.74, 6) is 0.138. The number of rotatable bonds is 8. The first-order valence-electron chi connectivity index (χ1n) is 5.35. The van der Waals surface area contributed by atoms with Crippen molar-refractivity contribution in [1.29, 1.82) is 0 Å². The van der Waals surface area contributed by atoms with Gasteiger partial charge in [-0.3, -0.25) is 0 Å². The van der Waals surface area contributed by atoms with Crippen LogP contribution in [-0.4, -0.2) is 41.3 Å². The second kappa shape index (κ2) is 9.33. The summed E-state index contributed by atoms with van der Waals surface area (Å²) in [6, 6.07) is -0.876. The fourth-order valence-corrected chi connectivity index (χ4v) is 1.60. The Kier molecular flexibility index (Phi) is 8.80. The third-order valence-corrected chi connectivity index (χ3v) is 2.79. The molecule has 6 heteroatoms. The van der Waals surface area contributed by atoms with Crippen molar-refractivity contribution in [3.8, 4) is 0 Å². The Morgan fingerprint density at radius 1 is 1.44 bits per heavy atom. The lowest BCUT2D eigenvalue weighted by molar-refractivity contribution is -0.138. The van der Waals surface area contributed by atoms with Gasteiger partial charge < -0.3 is 15.2 Å². The minimum atomic E-state index is -1.03. The van der Waals surface area contributed by atoms with Crippen LogP contribution in [0.3, 0.4) is 0 Å². The lowest BCUT2D eigenvalue weighted by atomic mass is 10.3. The maximum atomic E-state index is 11.2. The normalized spacial score (nSPS) is 11.9. The molecule has 0 aliphatic carbocycles. The van der Waals surface area contributed by atoms with E-state index in [0.29, 0.717) is 12.4 Å². The Morgan fingerprint density at radius 3 is 2.62 bits per heavy atom. The van der Waals surface area contributed by atoms with Gasteiger partial charge in [-0.05, 0) is 12.2 Å². The Labute approximate surface area is 99.9 Å². The number of amides is 1. The zero-order valence-corrected chi connectivity index (χ0v) is 10.5. The number of ether oxygens (including phenoxy) is 1. The fraction of sp³-hybridized carbons (Fsp3) is 0.800. The van der Waals surface area contributed by atoms with Gasteiger partial charge in [-0.2, -0.15) is 11.8 Å². The highest BCUT2D eigenvalue weighted by Crippen LogP contribution is 2.02. The number of aliphatic carboxylic acids is 1. The molecule has 0 bridgehead atoms. The number of nitrogens with one attached hydrogen (secondary N) is 1. The molecule has 0 aliphatic rings. The number of carboxylic acid groups (broad SMARTS) is 1. The van der Waals surface area contributed by atoms with Crippen LogP contribution < -0.4 is 5.32 Å². The Hall–Kier alpha value is -0.910. The van der Waals surface area contributed by atoms with Crippen LogP contribution in [0.15, 0.2) is 0 Å². The summed E-state index contributed by atoms with van der Waals surface area (Å²) in [7, 11) is 0. The van der Waals surface area contributed by atoms with Crippen molar-refractivity contribution in [2.45, 2.75) is 32.7 Å². The smallest absolute Gasteiger partial charge is 0.407 e. The van der Waals surface area contributed by atoms with Crippen LogP contribution >= 0.6 is 11.8 Å². The molecule has 0 fully saturated rings. The van der Waals surface area contributed by atoms with E-state index in [2.05, 4.69) is 5.32 Å². The van der Waals surface area contributed by atoms with Crippen molar-refractivity contribution >= 4 is 23.8 Å². The van der Waals surface area contributed by atoms with Gasteiger partial charge in [0, 0.05) is 5.75 Å². The molecule has 1 amide bonds. The highest BCUT2D eigenvalue weighted by Gasteiger charge is 2.19. The van der Waals surface area contributed by atoms with E-state index in [-0.39, 0.29) is 0 Å². The number of unbranched alkanes of at least 4 members (excludes halogenated alkanes) is 1. The van der Waals surface area contributed by atoms with Gasteiger partial charge in [0.2, 0.25) is 0 Å². The molecule has 0 aliphatic heterocycles. The lowest BCUT2D eigenvalue weighted by Gasteiger charge is -2.13. The van der Waals surface area contributed by atoms with Gasteiger partial charge in [-0.15, -0.1) is 0 Å². The van der Waals surface area contributed by atoms with Gasteiger partial charge in [0.1, 0.15) is 6.04 Å². The van der Waals surface area contributed by atoms with Gasteiger partial charge in [0.25, 0.3) is 0 Å². The van der Waals surface area contributed by atoms with Crippen molar-refractivity contribution in [2.75, 3.05) is 18.1 Å². The number of carboxylic acids is 1. The Morgan fingerprint density at radius 2 is 2.12 bits per heavy atom. The molecule has 0 radical (unpaired) electrons. The monoisotopic (exact) mass is 249 g/mol. The molecular weight excluding hydrogens is 230 g/mol. The maximum absolute atomic E-state index is 11.2. The summed E-state index contributed by atoms with van der Waals surface area (Å²) < 4.78 is 4.82. The molecule has 0 aromatic rings. The second-order valence-electron chi connectivity index (χ2n) is 3.18. The number of hydrogen-bond donors (Lipinski definition) is 2. The van der Waals surface area contributed by atoms with Crippen LogP contribution in [0.4, 0.5) is 4.79 Å². The molecule has 16 heavy (non-hydrogen) atoms. The molecule has 0 aromatic carbocycles. The summed E-state index contributed by atoms with van der Waals surface area (Å²) in [6.07, 6.45) is 1.06. The molecule has 0 aromatic heterocycles. The minimum absolute atomic E-state index is 0.329. The first-order valence-corrected chi connectivity index (χ1v) is 6.51. The lowest BCUT2D eigenvalue weighted by Crippen LogP contribution is -2.43. The summed E-state index contributed by atoms with van der Waals surface area (Å²) in [6.45, 7) is 4.25. The largest absolute Gasteiger partial charge is 0.480 e. The van der Waals surface area contributed by atoms with E-state index in [1.54, 1.807) is 0 Å². The molecule has 0 spiro atoms. The number of carbonyl (C=O) groups excluding carboxylic acids is 1. The summed E-state index contributed by atoms with van der Waals surface area (Å²) in [5.41, 5.74) is 0. The zero-order valence-electron chi connectivity index (χ0n) is 9.69. The van der Waals surface area contributed by atoms with E-state index in [9.17, 15) is 9.59 Å². The average molecular weight is 249 g/mol. The summed E-state index contributed by atoms with van der Waals surface area (Å²) in [5, 5.41) is 11.2. The van der Waals surface area contributed by atoms with Crippen LogP contribution in [-0.2, 0) is 9.53 Å². The van der Waals surface area contributed by atoms with Gasteiger partial charge >= 0.3 is 12.1 Å². The number of thioether (sulfide) groups is 1. The van der Waals surface area contributed by atoms with Crippen LogP contribution in [0.2, 0.25) is 0 Å². The highest BCUT2D eigenvalue weighted by atomic mass is 32.2. The molecule has 0 heterocycles. The molecule has 0 rings (SSSR count). The van der Waals surface area contributed by atoms with Crippen LogP contribution in [0, 0.1) is 0 Å². The van der Waals surface area contributed by atoms with E-state index < -0.39 is 18.1 Å². The van der Waals surface area contributed by atoms with E-state index in [0.717, 1.165) is 18.6 Å². The molecule has 2 N–H and O–H groups in total. The standard InChI is InChI=1S/C10H19NO4S/c1-3-5-6-15-10(14)11-8(9(12)13)7-16-4-2/h8H,3-7H2,1-2H3,(H,11,14)(H,12,13)/t8-/m0/s1. The second-order valence-corrected chi connectivity index (χ2v) is 4.50. The Balaban J connectivity index is 3.88. The molecule has 0 saturated carbocycles. The third kappa shape index (κ3) is 7.39. The van der Waals surface area contributed by atoms with E-state index in [4.69, 9.17) is 9.84 Å². The molecule has 1 atom stereocenters. The molecule has 5 nitrogen and oxygen atoms in total. The van der Waals surface area contributed by atoms with Crippen molar-refractivity contribution in [2.24, 2.45) is 0 Å². The maximum Gasteiger partial charge on any atom is 0.407 e. The predicted octanol–water partition coefficient (Wildman–Crippen LogP) is 1.72. The molecular formula is C10H19NO4S. The van der Waals surface area contributed by atoms with Crippen LogP contribution in [0.5, 0.6) is 0 Å². The van der Waals surface area contributed by atoms with E-state index >= 15 is 0 Å². The van der Waals surface area contributed by atoms with Gasteiger partial charge in [-0.1, -0.05) is 20.3 Å². The number of alkyl carbamates (subject to hydrolysis) is 1. The van der Waals surface area contributed by atoms with Crippen molar-refractivity contribution in [3.63, 3.8) is 0 Å². The quantitative estimate of drug-likeness (QED) is 0.641. The highest BCUT2D eigenvalue weighted by molar-refractivity contribution is 7.99. The third-order valence-electron chi connectivity index (χ3n) is 1.81. The topological polar surface area (TPSA) is 75.6 Å². The van der Waals surface area contributed by atoms with E-state index in [1.165, 1.54) is 11.8 Å². The first kappa shape index (κ1) is 15.1. The van der Waals surface area contributed by atoms with Gasteiger partial charge in [-0.25, -0.2) is 9.59 Å². The first-order chi connectivity index (χ1) is 7.61. The predicted molar refractivity (Wildman–Crippen MR) is 63.8 cm³/mol.